The van der Waals surface area contributed by atoms with Crippen molar-refractivity contribution in [1.82, 2.24) is 0 Å². The highest BCUT2D eigenvalue weighted by atomic mass is 32.2. The first-order valence-corrected chi connectivity index (χ1v) is 11.1. The van der Waals surface area contributed by atoms with E-state index in [0.29, 0.717) is 33.6 Å². The predicted octanol–water partition coefficient (Wildman–Crippen LogP) is 3.87. The molecule has 0 aliphatic rings. The van der Waals surface area contributed by atoms with Crippen LogP contribution >= 0.6 is 0 Å². The Morgan fingerprint density at radius 1 is 0.833 bits per heavy atom. The number of para-hydroxylation sites is 1. The van der Waals surface area contributed by atoms with Gasteiger partial charge >= 0.3 is 0 Å². The van der Waals surface area contributed by atoms with Crippen molar-refractivity contribution in [3.8, 4) is 0 Å². The molecule has 30 heavy (non-hydrogen) atoms. The standard InChI is InChI=1S/C23H22N2O4S/c1-16-18(13-9-15-21(16)25(2)30(3,28)29)23(27)24-20-14-8-7-12-19(20)22(26)17-10-5-4-6-11-17/h4-15H,1-3H3,(H,24,27). The van der Waals surface area contributed by atoms with Crippen LogP contribution in [0.5, 0.6) is 0 Å². The predicted molar refractivity (Wildman–Crippen MR) is 119 cm³/mol. The first-order chi connectivity index (χ1) is 14.2. The molecule has 0 saturated carbocycles. The van der Waals surface area contributed by atoms with E-state index in [4.69, 9.17) is 0 Å². The number of sulfonamides is 1. The molecule has 1 N–H and O–H groups in total. The molecule has 1 amide bonds. The van der Waals surface area contributed by atoms with Crippen LogP contribution in [-0.4, -0.2) is 33.4 Å². The number of hydrogen-bond donors (Lipinski definition) is 1. The summed E-state index contributed by atoms with van der Waals surface area (Å²) in [5.41, 5.74) is 2.54. The Morgan fingerprint density at radius 2 is 1.43 bits per heavy atom. The van der Waals surface area contributed by atoms with Gasteiger partial charge in [-0.15, -0.1) is 0 Å². The first-order valence-electron chi connectivity index (χ1n) is 9.24. The minimum absolute atomic E-state index is 0.200. The van der Waals surface area contributed by atoms with Crippen molar-refractivity contribution in [3.63, 3.8) is 0 Å². The monoisotopic (exact) mass is 422 g/mol. The van der Waals surface area contributed by atoms with Gasteiger partial charge in [-0.1, -0.05) is 48.5 Å². The molecule has 0 saturated heterocycles. The molecule has 0 spiro atoms. The number of hydrogen-bond acceptors (Lipinski definition) is 4. The molecule has 6 nitrogen and oxygen atoms in total. The van der Waals surface area contributed by atoms with Gasteiger partial charge in [0.05, 0.1) is 17.6 Å². The molecule has 0 aromatic heterocycles. The Kier molecular flexibility index (Phi) is 6.03. The summed E-state index contributed by atoms with van der Waals surface area (Å²) in [6.07, 6.45) is 1.10. The Bertz CT molecular complexity index is 1200. The number of carbonyl (C=O) groups excluding carboxylic acids is 2. The van der Waals surface area contributed by atoms with E-state index < -0.39 is 15.9 Å². The number of benzene rings is 3. The molecule has 0 fully saturated rings. The average molecular weight is 423 g/mol. The Hall–Kier alpha value is -3.45. The van der Waals surface area contributed by atoms with E-state index in [9.17, 15) is 18.0 Å². The summed E-state index contributed by atoms with van der Waals surface area (Å²) in [7, 11) is -2.03. The van der Waals surface area contributed by atoms with E-state index in [2.05, 4.69) is 5.32 Å². The lowest BCUT2D eigenvalue weighted by atomic mass is 10.0. The van der Waals surface area contributed by atoms with Crippen LogP contribution in [0.1, 0.15) is 31.8 Å². The molecule has 3 rings (SSSR count). The highest BCUT2D eigenvalue weighted by Crippen LogP contribution is 2.26. The second-order valence-electron chi connectivity index (χ2n) is 6.88. The van der Waals surface area contributed by atoms with E-state index in [1.54, 1.807) is 73.7 Å². The van der Waals surface area contributed by atoms with Crippen LogP contribution in [0.25, 0.3) is 0 Å². The third kappa shape index (κ3) is 4.41. The molecule has 0 unspecified atom stereocenters. The fraction of sp³-hybridized carbons (Fsp3) is 0.130. The number of rotatable bonds is 6. The molecule has 3 aromatic carbocycles. The smallest absolute Gasteiger partial charge is 0.256 e. The molecule has 7 heteroatoms. The van der Waals surface area contributed by atoms with Crippen LogP contribution in [0, 0.1) is 6.92 Å². The molecule has 0 bridgehead atoms. The summed E-state index contributed by atoms with van der Waals surface area (Å²) in [4.78, 5) is 25.9. The van der Waals surface area contributed by atoms with Gasteiger partial charge in [-0.25, -0.2) is 8.42 Å². The molecule has 0 atom stereocenters. The van der Waals surface area contributed by atoms with Gasteiger partial charge in [0.25, 0.3) is 5.91 Å². The summed E-state index contributed by atoms with van der Waals surface area (Å²) in [5.74, 6) is -0.627. The second-order valence-corrected chi connectivity index (χ2v) is 8.89. The van der Waals surface area contributed by atoms with E-state index in [-0.39, 0.29) is 5.78 Å². The number of ketones is 1. The SMILES string of the molecule is Cc1c(C(=O)Nc2ccccc2C(=O)c2ccccc2)cccc1N(C)S(C)(=O)=O. The molecule has 154 valence electrons. The number of nitrogens with zero attached hydrogens (tertiary/aromatic N) is 1. The maximum Gasteiger partial charge on any atom is 0.256 e. The van der Waals surface area contributed by atoms with Gasteiger partial charge < -0.3 is 5.32 Å². The summed E-state index contributed by atoms with van der Waals surface area (Å²) in [6.45, 7) is 1.69. The summed E-state index contributed by atoms with van der Waals surface area (Å²) < 4.78 is 24.9. The Balaban J connectivity index is 1.94. The van der Waals surface area contributed by atoms with Gasteiger partial charge in [0.1, 0.15) is 0 Å². The van der Waals surface area contributed by atoms with Crippen molar-refractivity contribution < 1.29 is 18.0 Å². The van der Waals surface area contributed by atoms with Crippen molar-refractivity contribution in [2.24, 2.45) is 0 Å². The van der Waals surface area contributed by atoms with E-state index in [0.717, 1.165) is 10.6 Å². The Labute approximate surface area is 176 Å². The van der Waals surface area contributed by atoms with Crippen LogP contribution in [0.2, 0.25) is 0 Å². The maximum absolute atomic E-state index is 13.0. The zero-order chi connectivity index (χ0) is 21.9. The fourth-order valence-corrected chi connectivity index (χ4v) is 3.67. The molecule has 3 aromatic rings. The molecular formula is C23H22N2O4S. The van der Waals surface area contributed by atoms with E-state index in [1.807, 2.05) is 6.07 Å². The van der Waals surface area contributed by atoms with E-state index >= 15 is 0 Å². The minimum atomic E-state index is -3.47. The average Bonchev–Trinajstić information content (AvgIpc) is 2.73. The van der Waals surface area contributed by atoms with Gasteiger partial charge in [0, 0.05) is 23.7 Å². The summed E-state index contributed by atoms with van der Waals surface area (Å²) in [6, 6.07) is 20.5. The normalized spacial score (nSPS) is 11.0. The van der Waals surface area contributed by atoms with Gasteiger partial charge in [0.2, 0.25) is 10.0 Å². The highest BCUT2D eigenvalue weighted by Gasteiger charge is 2.20. The van der Waals surface area contributed by atoms with Crippen molar-refractivity contribution in [2.45, 2.75) is 6.92 Å². The van der Waals surface area contributed by atoms with Crippen LogP contribution in [-0.2, 0) is 10.0 Å². The van der Waals surface area contributed by atoms with Crippen LogP contribution in [0.15, 0.2) is 72.8 Å². The molecule has 0 aliphatic carbocycles. The molecular weight excluding hydrogens is 400 g/mol. The van der Waals surface area contributed by atoms with Gasteiger partial charge in [-0.3, -0.25) is 13.9 Å². The minimum Gasteiger partial charge on any atom is -0.321 e. The first kappa shape index (κ1) is 21.3. The van der Waals surface area contributed by atoms with Gasteiger partial charge in [-0.2, -0.15) is 0 Å². The van der Waals surface area contributed by atoms with E-state index in [1.165, 1.54) is 7.05 Å². The Morgan fingerprint density at radius 3 is 2.10 bits per heavy atom. The topological polar surface area (TPSA) is 83.6 Å². The quantitative estimate of drug-likeness (QED) is 0.611. The lowest BCUT2D eigenvalue weighted by Crippen LogP contribution is -2.26. The molecule has 0 aliphatic heterocycles. The van der Waals surface area contributed by atoms with Crippen molar-refractivity contribution in [1.29, 1.82) is 0 Å². The fourth-order valence-electron chi connectivity index (χ4n) is 3.11. The highest BCUT2D eigenvalue weighted by molar-refractivity contribution is 7.92. The summed E-state index contributed by atoms with van der Waals surface area (Å²) >= 11 is 0. The third-order valence-electron chi connectivity index (χ3n) is 4.84. The van der Waals surface area contributed by atoms with Crippen molar-refractivity contribution in [2.75, 3.05) is 22.9 Å². The molecule has 0 radical (unpaired) electrons. The number of carbonyl (C=O) groups is 2. The molecule has 0 heterocycles. The second kappa shape index (κ2) is 8.51. The summed E-state index contributed by atoms with van der Waals surface area (Å²) in [5, 5.41) is 2.80. The number of anilines is 2. The zero-order valence-electron chi connectivity index (χ0n) is 16.9. The number of nitrogens with one attached hydrogen (secondary N) is 1. The van der Waals surface area contributed by atoms with Crippen molar-refractivity contribution in [3.05, 3.63) is 95.1 Å². The van der Waals surface area contributed by atoms with Crippen LogP contribution in [0.3, 0.4) is 0 Å². The lowest BCUT2D eigenvalue weighted by molar-refractivity contribution is 0.102. The maximum atomic E-state index is 13.0. The van der Waals surface area contributed by atoms with Gasteiger partial charge in [0.15, 0.2) is 5.78 Å². The number of amides is 1. The van der Waals surface area contributed by atoms with Crippen LogP contribution < -0.4 is 9.62 Å². The lowest BCUT2D eigenvalue weighted by Gasteiger charge is -2.20. The zero-order valence-corrected chi connectivity index (χ0v) is 17.7. The van der Waals surface area contributed by atoms with Crippen molar-refractivity contribution >= 4 is 33.1 Å². The van der Waals surface area contributed by atoms with Crippen LogP contribution in [0.4, 0.5) is 11.4 Å². The largest absolute Gasteiger partial charge is 0.321 e. The van der Waals surface area contributed by atoms with Gasteiger partial charge in [-0.05, 0) is 36.8 Å². The third-order valence-corrected chi connectivity index (χ3v) is 6.03.